The van der Waals surface area contributed by atoms with Gasteiger partial charge in [-0.3, -0.25) is 4.79 Å². The molecule has 0 atom stereocenters. The van der Waals surface area contributed by atoms with Gasteiger partial charge in [0, 0.05) is 13.1 Å². The van der Waals surface area contributed by atoms with E-state index < -0.39 is 0 Å². The minimum absolute atomic E-state index is 0.185. The highest BCUT2D eigenvalue weighted by molar-refractivity contribution is 5.79. The van der Waals surface area contributed by atoms with Gasteiger partial charge in [-0.2, -0.15) is 0 Å². The minimum atomic E-state index is 0.185. The Bertz CT molecular complexity index is 734. The van der Waals surface area contributed by atoms with Crippen LogP contribution in [0.4, 0.5) is 0 Å². The molecule has 0 fully saturated rings. The molecule has 1 aliphatic carbocycles. The zero-order valence-electron chi connectivity index (χ0n) is 12.9. The molecule has 0 N–H and O–H groups in total. The largest absolute Gasteiger partial charge is 0.333 e. The van der Waals surface area contributed by atoms with Gasteiger partial charge in [-0.25, -0.2) is 0 Å². The maximum absolute atomic E-state index is 12.6. The molecule has 5 heteroatoms. The third-order valence-corrected chi connectivity index (χ3v) is 4.81. The normalized spacial score (nSPS) is 16.5. The van der Waals surface area contributed by atoms with Crippen LogP contribution in [0.2, 0.25) is 0 Å². The van der Waals surface area contributed by atoms with Crippen molar-refractivity contribution in [3.05, 3.63) is 46.5 Å². The first-order valence-electron chi connectivity index (χ1n) is 7.98. The van der Waals surface area contributed by atoms with Crippen LogP contribution in [0.5, 0.6) is 0 Å². The molecule has 2 heterocycles. The molecule has 5 nitrogen and oxygen atoms in total. The highest BCUT2D eigenvalue weighted by atomic mass is 16.2. The van der Waals surface area contributed by atoms with E-state index in [1.54, 1.807) is 0 Å². The fourth-order valence-electron chi connectivity index (χ4n) is 3.54. The van der Waals surface area contributed by atoms with Gasteiger partial charge in [0.15, 0.2) is 5.82 Å². The lowest BCUT2D eigenvalue weighted by atomic mass is 10.0. The van der Waals surface area contributed by atoms with Crippen LogP contribution in [-0.2, 0) is 37.1 Å². The molecule has 2 aromatic rings. The number of hydrogen-bond donors (Lipinski definition) is 0. The molecule has 0 saturated carbocycles. The molecule has 0 bridgehead atoms. The van der Waals surface area contributed by atoms with E-state index in [9.17, 15) is 4.79 Å². The van der Waals surface area contributed by atoms with Crippen molar-refractivity contribution >= 4 is 5.91 Å². The molecular weight excluding hydrogens is 276 g/mol. The standard InChI is InChI=1S/C17H20N4O/c1-12-18-19-16-11-20(7-8-21(12)16)17(22)10-13-5-6-14-3-2-4-15(14)9-13/h5-6,9H,2-4,7-8,10-11H2,1H3. The second-order valence-electron chi connectivity index (χ2n) is 6.26. The van der Waals surface area contributed by atoms with Crippen LogP contribution in [0.3, 0.4) is 0 Å². The molecule has 2 aliphatic rings. The van der Waals surface area contributed by atoms with Gasteiger partial charge in [0.05, 0.1) is 13.0 Å². The van der Waals surface area contributed by atoms with Gasteiger partial charge in [-0.05, 0) is 42.9 Å². The monoisotopic (exact) mass is 296 g/mol. The lowest BCUT2D eigenvalue weighted by Gasteiger charge is -2.27. The molecule has 114 valence electrons. The minimum Gasteiger partial charge on any atom is -0.333 e. The Morgan fingerprint density at radius 3 is 2.95 bits per heavy atom. The third-order valence-electron chi connectivity index (χ3n) is 4.81. The fraction of sp³-hybridized carbons (Fsp3) is 0.471. The van der Waals surface area contributed by atoms with E-state index in [4.69, 9.17) is 0 Å². The van der Waals surface area contributed by atoms with Gasteiger partial charge in [0.25, 0.3) is 0 Å². The summed E-state index contributed by atoms with van der Waals surface area (Å²) in [5.74, 6) is 2.01. The summed E-state index contributed by atoms with van der Waals surface area (Å²) in [5.41, 5.74) is 4.02. The van der Waals surface area contributed by atoms with E-state index >= 15 is 0 Å². The van der Waals surface area contributed by atoms with Crippen LogP contribution in [0, 0.1) is 6.92 Å². The van der Waals surface area contributed by atoms with Crippen molar-refractivity contribution in [2.45, 2.75) is 45.7 Å². The summed E-state index contributed by atoms with van der Waals surface area (Å²) in [6, 6.07) is 6.52. The molecule has 0 spiro atoms. The Balaban J connectivity index is 1.47. The van der Waals surface area contributed by atoms with Crippen LogP contribution >= 0.6 is 0 Å². The summed E-state index contributed by atoms with van der Waals surface area (Å²) in [6.45, 7) is 4.07. The predicted molar refractivity (Wildman–Crippen MR) is 82.3 cm³/mol. The van der Waals surface area contributed by atoms with Crippen LogP contribution < -0.4 is 0 Å². The number of nitrogens with zero attached hydrogens (tertiary/aromatic N) is 4. The SMILES string of the molecule is Cc1nnc2n1CCN(C(=O)Cc1ccc3c(c1)CCC3)C2. The van der Waals surface area contributed by atoms with Crippen LogP contribution in [0.15, 0.2) is 18.2 Å². The molecule has 0 radical (unpaired) electrons. The zero-order valence-corrected chi connectivity index (χ0v) is 12.9. The van der Waals surface area contributed by atoms with Gasteiger partial charge in [0.1, 0.15) is 5.82 Å². The Kier molecular flexibility index (Phi) is 3.21. The molecule has 1 aromatic carbocycles. The molecule has 0 saturated heterocycles. The molecule has 1 aromatic heterocycles. The third kappa shape index (κ3) is 2.30. The second-order valence-corrected chi connectivity index (χ2v) is 6.26. The van der Waals surface area contributed by atoms with E-state index in [1.165, 1.54) is 24.0 Å². The van der Waals surface area contributed by atoms with Gasteiger partial charge in [-0.15, -0.1) is 10.2 Å². The topological polar surface area (TPSA) is 51.0 Å². The van der Waals surface area contributed by atoms with Crippen LogP contribution in [0.25, 0.3) is 0 Å². The first-order valence-corrected chi connectivity index (χ1v) is 7.98. The van der Waals surface area contributed by atoms with Crippen molar-refractivity contribution in [1.82, 2.24) is 19.7 Å². The summed E-state index contributed by atoms with van der Waals surface area (Å²) >= 11 is 0. The number of carbonyl (C=O) groups excluding carboxylic acids is 1. The molecular formula is C17H20N4O. The number of fused-ring (bicyclic) bond motifs is 2. The zero-order chi connectivity index (χ0) is 15.1. The highest BCUT2D eigenvalue weighted by Crippen LogP contribution is 2.23. The molecule has 22 heavy (non-hydrogen) atoms. The maximum atomic E-state index is 12.6. The summed E-state index contributed by atoms with van der Waals surface area (Å²) in [7, 11) is 0. The first-order chi connectivity index (χ1) is 10.7. The summed E-state index contributed by atoms with van der Waals surface area (Å²) < 4.78 is 2.10. The van der Waals surface area contributed by atoms with Crippen molar-refractivity contribution in [2.24, 2.45) is 0 Å². The lowest BCUT2D eigenvalue weighted by Crippen LogP contribution is -2.39. The maximum Gasteiger partial charge on any atom is 0.227 e. The van der Waals surface area contributed by atoms with Crippen molar-refractivity contribution in [2.75, 3.05) is 6.54 Å². The first kappa shape index (κ1) is 13.5. The van der Waals surface area contributed by atoms with Crippen LogP contribution in [-0.4, -0.2) is 32.1 Å². The van der Waals surface area contributed by atoms with Crippen molar-refractivity contribution in [1.29, 1.82) is 0 Å². The average Bonchev–Trinajstić information content (AvgIpc) is 3.13. The van der Waals surface area contributed by atoms with E-state index in [-0.39, 0.29) is 5.91 Å². The molecule has 4 rings (SSSR count). The molecule has 0 unspecified atom stereocenters. The number of rotatable bonds is 2. The van der Waals surface area contributed by atoms with Gasteiger partial charge >= 0.3 is 0 Å². The Morgan fingerprint density at radius 2 is 2.05 bits per heavy atom. The average molecular weight is 296 g/mol. The van der Waals surface area contributed by atoms with E-state index in [2.05, 4.69) is 33.0 Å². The Labute approximate surface area is 130 Å². The van der Waals surface area contributed by atoms with Gasteiger partial charge in [-0.1, -0.05) is 18.2 Å². The van der Waals surface area contributed by atoms with E-state index in [0.717, 1.165) is 36.7 Å². The van der Waals surface area contributed by atoms with Crippen molar-refractivity contribution in [3.63, 3.8) is 0 Å². The predicted octanol–water partition coefficient (Wildman–Crippen LogP) is 1.66. The summed E-state index contributed by atoms with van der Waals surface area (Å²) in [5, 5.41) is 8.25. The van der Waals surface area contributed by atoms with E-state index in [0.29, 0.717) is 13.0 Å². The molecule has 1 aliphatic heterocycles. The second kappa shape index (κ2) is 5.23. The number of hydrogen-bond acceptors (Lipinski definition) is 3. The van der Waals surface area contributed by atoms with Crippen molar-refractivity contribution in [3.8, 4) is 0 Å². The Hall–Kier alpha value is -2.17. The quantitative estimate of drug-likeness (QED) is 0.847. The number of amides is 1. The smallest absolute Gasteiger partial charge is 0.227 e. The Morgan fingerprint density at radius 1 is 1.18 bits per heavy atom. The number of benzene rings is 1. The summed E-state index contributed by atoms with van der Waals surface area (Å²) in [4.78, 5) is 14.5. The van der Waals surface area contributed by atoms with Gasteiger partial charge < -0.3 is 9.47 Å². The van der Waals surface area contributed by atoms with Gasteiger partial charge in [0.2, 0.25) is 5.91 Å². The van der Waals surface area contributed by atoms with Crippen molar-refractivity contribution < 1.29 is 4.79 Å². The lowest BCUT2D eigenvalue weighted by molar-refractivity contribution is -0.132. The van der Waals surface area contributed by atoms with E-state index in [1.807, 2.05) is 11.8 Å². The fourth-order valence-corrected chi connectivity index (χ4v) is 3.54. The number of aromatic nitrogens is 3. The highest BCUT2D eigenvalue weighted by Gasteiger charge is 2.23. The van der Waals surface area contributed by atoms with Crippen LogP contribution in [0.1, 0.15) is 34.8 Å². The number of carbonyl (C=O) groups is 1. The number of aryl methyl sites for hydroxylation is 3. The summed E-state index contributed by atoms with van der Waals surface area (Å²) in [6.07, 6.45) is 4.07. The molecule has 1 amide bonds.